The van der Waals surface area contributed by atoms with Crippen molar-refractivity contribution in [3.63, 3.8) is 0 Å². The molecule has 1 heterocycles. The highest BCUT2D eigenvalue weighted by Crippen LogP contribution is 2.39. The molecule has 4 nitrogen and oxygen atoms in total. The van der Waals surface area contributed by atoms with Gasteiger partial charge in [0.25, 0.3) is 0 Å². The molecule has 0 amide bonds. The first-order valence-corrected chi connectivity index (χ1v) is 6.59. The predicted octanol–water partition coefficient (Wildman–Crippen LogP) is 1.76. The van der Waals surface area contributed by atoms with Crippen molar-refractivity contribution in [3.05, 3.63) is 29.8 Å². The number of aliphatic hydroxyl groups is 1. The number of rotatable bonds is 4. The molecule has 3 rings (SSSR count). The molecule has 19 heavy (non-hydrogen) atoms. The van der Waals surface area contributed by atoms with E-state index in [-0.39, 0.29) is 12.4 Å². The summed E-state index contributed by atoms with van der Waals surface area (Å²) in [5.41, 5.74) is 6.17. The summed E-state index contributed by atoms with van der Waals surface area (Å²) in [6.07, 6.45) is 2.61. The summed E-state index contributed by atoms with van der Waals surface area (Å²) < 4.78 is 15.4. The molecular formula is C14H18FN3O. The molecule has 0 saturated heterocycles. The Bertz CT molecular complexity index is 616. The van der Waals surface area contributed by atoms with Gasteiger partial charge in [-0.25, -0.2) is 9.37 Å². The Kier molecular flexibility index (Phi) is 2.83. The largest absolute Gasteiger partial charge is 0.388 e. The Labute approximate surface area is 111 Å². The van der Waals surface area contributed by atoms with Crippen molar-refractivity contribution < 1.29 is 9.50 Å². The lowest BCUT2D eigenvalue weighted by Gasteiger charge is -2.21. The number of fused-ring (bicyclic) bond motifs is 1. The molecule has 0 bridgehead atoms. The van der Waals surface area contributed by atoms with Gasteiger partial charge in [0.05, 0.1) is 16.6 Å². The third kappa shape index (κ3) is 2.35. The summed E-state index contributed by atoms with van der Waals surface area (Å²) in [5.74, 6) is 0.503. The number of halogens is 1. The minimum atomic E-state index is -0.980. The van der Waals surface area contributed by atoms with Gasteiger partial charge in [0.1, 0.15) is 11.6 Å². The topological polar surface area (TPSA) is 64.1 Å². The smallest absolute Gasteiger partial charge is 0.125 e. The van der Waals surface area contributed by atoms with E-state index in [0.29, 0.717) is 18.0 Å². The van der Waals surface area contributed by atoms with Crippen LogP contribution in [0.1, 0.15) is 31.6 Å². The lowest BCUT2D eigenvalue weighted by atomic mass is 10.0. The lowest BCUT2D eigenvalue weighted by Crippen LogP contribution is -2.37. The van der Waals surface area contributed by atoms with E-state index in [1.807, 2.05) is 0 Å². The second-order valence-corrected chi connectivity index (χ2v) is 5.64. The van der Waals surface area contributed by atoms with Crippen LogP contribution in [-0.4, -0.2) is 26.8 Å². The van der Waals surface area contributed by atoms with Crippen molar-refractivity contribution in [2.24, 2.45) is 5.73 Å². The van der Waals surface area contributed by atoms with Gasteiger partial charge in [-0.3, -0.25) is 0 Å². The molecule has 102 valence electrons. The molecule has 1 unspecified atom stereocenters. The van der Waals surface area contributed by atoms with Crippen LogP contribution in [0.15, 0.2) is 18.2 Å². The standard InChI is InChI=1S/C14H18FN3O/c1-14(19,8-16)7-13-17-11-6-9(15)2-5-12(11)18(13)10-3-4-10/h2,5-6,10,19H,3-4,7-8,16H2,1H3. The van der Waals surface area contributed by atoms with E-state index >= 15 is 0 Å². The first-order chi connectivity index (χ1) is 9.00. The van der Waals surface area contributed by atoms with Crippen LogP contribution in [0, 0.1) is 5.82 Å². The van der Waals surface area contributed by atoms with Crippen LogP contribution in [0.3, 0.4) is 0 Å². The zero-order valence-electron chi connectivity index (χ0n) is 10.9. The summed E-state index contributed by atoms with van der Waals surface area (Å²) >= 11 is 0. The summed E-state index contributed by atoms with van der Waals surface area (Å²) in [6.45, 7) is 1.87. The molecule has 2 aromatic rings. The van der Waals surface area contributed by atoms with Gasteiger partial charge in [-0.1, -0.05) is 0 Å². The van der Waals surface area contributed by atoms with Crippen molar-refractivity contribution in [1.29, 1.82) is 0 Å². The van der Waals surface area contributed by atoms with Gasteiger partial charge in [-0.05, 0) is 31.9 Å². The molecule has 1 aliphatic carbocycles. The molecule has 1 atom stereocenters. The van der Waals surface area contributed by atoms with E-state index in [1.54, 1.807) is 13.0 Å². The average molecular weight is 263 g/mol. The van der Waals surface area contributed by atoms with Gasteiger partial charge in [-0.2, -0.15) is 0 Å². The molecule has 0 radical (unpaired) electrons. The minimum Gasteiger partial charge on any atom is -0.388 e. The Morgan fingerprint density at radius 3 is 2.89 bits per heavy atom. The number of benzene rings is 1. The fraction of sp³-hybridized carbons (Fsp3) is 0.500. The number of nitrogens with zero attached hydrogens (tertiary/aromatic N) is 2. The zero-order valence-corrected chi connectivity index (χ0v) is 10.9. The molecule has 1 fully saturated rings. The third-order valence-electron chi connectivity index (χ3n) is 3.62. The van der Waals surface area contributed by atoms with Crippen LogP contribution < -0.4 is 5.73 Å². The summed E-state index contributed by atoms with van der Waals surface area (Å²) in [6, 6.07) is 5.08. The van der Waals surface area contributed by atoms with Gasteiger partial charge < -0.3 is 15.4 Å². The van der Waals surface area contributed by atoms with Crippen LogP contribution in [-0.2, 0) is 6.42 Å². The van der Waals surface area contributed by atoms with Crippen LogP contribution in [0.2, 0.25) is 0 Å². The number of hydrogen-bond donors (Lipinski definition) is 2. The Morgan fingerprint density at radius 2 is 2.26 bits per heavy atom. The molecule has 0 spiro atoms. The van der Waals surface area contributed by atoms with E-state index in [9.17, 15) is 9.50 Å². The summed E-state index contributed by atoms with van der Waals surface area (Å²) in [5, 5.41) is 10.1. The summed E-state index contributed by atoms with van der Waals surface area (Å²) in [7, 11) is 0. The van der Waals surface area contributed by atoms with Crippen LogP contribution >= 0.6 is 0 Å². The SMILES string of the molecule is CC(O)(CN)Cc1nc2cc(F)ccc2n1C1CC1. The van der Waals surface area contributed by atoms with Crippen molar-refractivity contribution in [3.8, 4) is 0 Å². The number of imidazole rings is 1. The maximum Gasteiger partial charge on any atom is 0.125 e. The van der Waals surface area contributed by atoms with Crippen LogP contribution in [0.5, 0.6) is 0 Å². The van der Waals surface area contributed by atoms with E-state index in [2.05, 4.69) is 9.55 Å². The maximum absolute atomic E-state index is 13.3. The number of nitrogens with two attached hydrogens (primary N) is 1. The van der Waals surface area contributed by atoms with E-state index in [0.717, 1.165) is 24.2 Å². The second-order valence-electron chi connectivity index (χ2n) is 5.64. The second kappa shape index (κ2) is 4.28. The highest BCUT2D eigenvalue weighted by molar-refractivity contribution is 5.76. The van der Waals surface area contributed by atoms with Crippen LogP contribution in [0.25, 0.3) is 11.0 Å². The van der Waals surface area contributed by atoms with Gasteiger partial charge in [-0.15, -0.1) is 0 Å². The Morgan fingerprint density at radius 1 is 1.53 bits per heavy atom. The maximum atomic E-state index is 13.3. The molecule has 1 aromatic carbocycles. The first kappa shape index (κ1) is 12.6. The number of hydrogen-bond acceptors (Lipinski definition) is 3. The quantitative estimate of drug-likeness (QED) is 0.883. The molecule has 5 heteroatoms. The zero-order chi connectivity index (χ0) is 13.6. The van der Waals surface area contributed by atoms with E-state index in [4.69, 9.17) is 5.73 Å². The average Bonchev–Trinajstić information content (AvgIpc) is 3.11. The van der Waals surface area contributed by atoms with Crippen molar-refractivity contribution in [2.75, 3.05) is 6.54 Å². The number of aromatic nitrogens is 2. The fourth-order valence-electron chi connectivity index (χ4n) is 2.40. The van der Waals surface area contributed by atoms with E-state index in [1.165, 1.54) is 12.1 Å². The van der Waals surface area contributed by atoms with Crippen molar-refractivity contribution in [2.45, 2.75) is 37.8 Å². The predicted molar refractivity (Wildman–Crippen MR) is 71.3 cm³/mol. The first-order valence-electron chi connectivity index (χ1n) is 6.59. The molecule has 1 aliphatic rings. The third-order valence-corrected chi connectivity index (χ3v) is 3.62. The lowest BCUT2D eigenvalue weighted by molar-refractivity contribution is 0.0667. The molecular weight excluding hydrogens is 245 g/mol. The normalized spacial score (nSPS) is 18.7. The van der Waals surface area contributed by atoms with Crippen molar-refractivity contribution >= 4 is 11.0 Å². The highest BCUT2D eigenvalue weighted by Gasteiger charge is 2.31. The van der Waals surface area contributed by atoms with Crippen molar-refractivity contribution in [1.82, 2.24) is 9.55 Å². The summed E-state index contributed by atoms with van der Waals surface area (Å²) in [4.78, 5) is 4.48. The van der Waals surface area contributed by atoms with Gasteiger partial charge in [0.15, 0.2) is 0 Å². The highest BCUT2D eigenvalue weighted by atomic mass is 19.1. The molecule has 3 N–H and O–H groups in total. The van der Waals surface area contributed by atoms with Gasteiger partial charge >= 0.3 is 0 Å². The van der Waals surface area contributed by atoms with E-state index < -0.39 is 5.60 Å². The molecule has 0 aliphatic heterocycles. The molecule has 1 aromatic heterocycles. The van der Waals surface area contributed by atoms with Gasteiger partial charge in [0, 0.05) is 25.1 Å². The molecule has 1 saturated carbocycles. The Hall–Kier alpha value is -1.46. The Balaban J connectivity index is 2.09. The van der Waals surface area contributed by atoms with Crippen LogP contribution in [0.4, 0.5) is 4.39 Å². The fourth-order valence-corrected chi connectivity index (χ4v) is 2.40. The monoisotopic (exact) mass is 263 g/mol. The minimum absolute atomic E-state index is 0.176. The van der Waals surface area contributed by atoms with Gasteiger partial charge in [0.2, 0.25) is 0 Å².